The third kappa shape index (κ3) is 2.25. The monoisotopic (exact) mass is 251 g/mol. The van der Waals surface area contributed by atoms with E-state index in [4.69, 9.17) is 9.47 Å². The molecule has 0 bridgehead atoms. The molecule has 0 aromatic carbocycles. The third-order valence-electron chi connectivity index (χ3n) is 2.31. The van der Waals surface area contributed by atoms with Gasteiger partial charge in [-0.15, -0.1) is 0 Å². The Morgan fingerprint density at radius 3 is 2.94 bits per heavy atom. The van der Waals surface area contributed by atoms with Crippen LogP contribution in [-0.4, -0.2) is 34.3 Å². The quantitative estimate of drug-likeness (QED) is 0.792. The number of rotatable bonds is 4. The number of hydrogen-bond donors (Lipinski definition) is 1. The molecule has 2 rings (SSSR count). The van der Waals surface area contributed by atoms with Crippen LogP contribution in [0.3, 0.4) is 0 Å². The van der Waals surface area contributed by atoms with Crippen molar-refractivity contribution in [1.82, 2.24) is 14.6 Å². The second-order valence-corrected chi connectivity index (χ2v) is 3.61. The number of nitrogens with one attached hydrogen (secondary N) is 1. The zero-order valence-corrected chi connectivity index (χ0v) is 10.1. The van der Waals surface area contributed by atoms with Crippen LogP contribution in [0.15, 0.2) is 16.9 Å². The predicted octanol–water partition coefficient (Wildman–Crippen LogP) is 0.346. The summed E-state index contributed by atoms with van der Waals surface area (Å²) in [7, 11) is 1.52. The maximum atomic E-state index is 11.5. The molecule has 2 heterocycles. The summed E-state index contributed by atoms with van der Waals surface area (Å²) in [4.78, 5) is 25.6. The second kappa shape index (κ2) is 5.01. The van der Waals surface area contributed by atoms with Gasteiger partial charge in [0.15, 0.2) is 5.69 Å². The van der Waals surface area contributed by atoms with E-state index in [0.717, 1.165) is 0 Å². The number of methoxy groups -OCH3 is 1. The summed E-state index contributed by atoms with van der Waals surface area (Å²) in [5.41, 5.74) is 0.866. The highest BCUT2D eigenvalue weighted by atomic mass is 16.5. The van der Waals surface area contributed by atoms with E-state index >= 15 is 0 Å². The van der Waals surface area contributed by atoms with E-state index < -0.39 is 5.97 Å². The first kappa shape index (κ1) is 12.3. The molecule has 0 unspecified atom stereocenters. The van der Waals surface area contributed by atoms with Gasteiger partial charge in [0.25, 0.3) is 5.56 Å². The first-order chi connectivity index (χ1) is 8.65. The molecule has 1 N–H and O–H groups in total. The van der Waals surface area contributed by atoms with Crippen LogP contribution in [0.5, 0.6) is 0 Å². The van der Waals surface area contributed by atoms with E-state index in [-0.39, 0.29) is 24.5 Å². The maximum Gasteiger partial charge on any atom is 0.358 e. The number of carbonyl (C=O) groups excluding carboxylic acids is 1. The lowest BCUT2D eigenvalue weighted by Gasteiger charge is -2.01. The Balaban J connectivity index is 2.52. The molecule has 7 nitrogen and oxygen atoms in total. The number of aromatic nitrogens is 3. The molecule has 0 amide bonds. The molecule has 0 aliphatic rings. The molecule has 0 spiro atoms. The molecule has 0 aliphatic carbocycles. The number of hydrogen-bond acceptors (Lipinski definition) is 5. The standard InChI is InChI=1S/C11H13N3O4/c1-3-18-11(16)8-5-9-12-10(15)4-7(6-17-2)14(9)13-8/h4-5H,3,6H2,1-2H3,(H,12,15). The van der Waals surface area contributed by atoms with E-state index in [1.54, 1.807) is 6.92 Å². The smallest absolute Gasteiger partial charge is 0.358 e. The third-order valence-corrected chi connectivity index (χ3v) is 2.31. The van der Waals surface area contributed by atoms with Gasteiger partial charge in [-0.05, 0) is 6.92 Å². The highest BCUT2D eigenvalue weighted by Gasteiger charge is 2.14. The zero-order chi connectivity index (χ0) is 13.1. The molecule has 0 aliphatic heterocycles. The molecule has 18 heavy (non-hydrogen) atoms. The van der Waals surface area contributed by atoms with Crippen LogP contribution in [0.4, 0.5) is 0 Å². The van der Waals surface area contributed by atoms with Crippen molar-refractivity contribution in [2.45, 2.75) is 13.5 Å². The highest BCUT2D eigenvalue weighted by Crippen LogP contribution is 2.07. The minimum atomic E-state index is -0.523. The summed E-state index contributed by atoms with van der Waals surface area (Å²) in [5.74, 6) is -0.523. The number of ether oxygens (including phenoxy) is 2. The molecule has 0 saturated carbocycles. The van der Waals surface area contributed by atoms with Gasteiger partial charge in [0.1, 0.15) is 5.65 Å². The van der Waals surface area contributed by atoms with Gasteiger partial charge in [0.05, 0.1) is 18.9 Å². The van der Waals surface area contributed by atoms with Gasteiger partial charge < -0.3 is 14.5 Å². The topological polar surface area (TPSA) is 85.7 Å². The van der Waals surface area contributed by atoms with Crippen LogP contribution >= 0.6 is 0 Å². The fourth-order valence-electron chi connectivity index (χ4n) is 1.62. The minimum absolute atomic E-state index is 0.149. The Bertz CT molecular complexity index is 629. The summed E-state index contributed by atoms with van der Waals surface area (Å²) >= 11 is 0. The fourth-order valence-corrected chi connectivity index (χ4v) is 1.62. The Morgan fingerprint density at radius 2 is 2.28 bits per heavy atom. The average molecular weight is 251 g/mol. The molecule has 0 radical (unpaired) electrons. The number of H-pyrrole nitrogens is 1. The molecular formula is C11H13N3O4. The van der Waals surface area contributed by atoms with Gasteiger partial charge in [0.2, 0.25) is 0 Å². The number of fused-ring (bicyclic) bond motifs is 1. The van der Waals surface area contributed by atoms with E-state index in [9.17, 15) is 9.59 Å². The van der Waals surface area contributed by atoms with Gasteiger partial charge in [-0.1, -0.05) is 0 Å². The maximum absolute atomic E-state index is 11.5. The van der Waals surface area contributed by atoms with Crippen molar-refractivity contribution in [3.63, 3.8) is 0 Å². The molecule has 2 aromatic rings. The Hall–Kier alpha value is -2.15. The lowest BCUT2D eigenvalue weighted by Crippen LogP contribution is -2.12. The van der Waals surface area contributed by atoms with Gasteiger partial charge >= 0.3 is 5.97 Å². The number of esters is 1. The Morgan fingerprint density at radius 1 is 1.50 bits per heavy atom. The fraction of sp³-hybridized carbons (Fsp3) is 0.364. The van der Waals surface area contributed by atoms with Crippen LogP contribution in [0.1, 0.15) is 23.1 Å². The summed E-state index contributed by atoms with van der Waals surface area (Å²) < 4.78 is 11.3. The largest absolute Gasteiger partial charge is 0.461 e. The first-order valence-corrected chi connectivity index (χ1v) is 5.43. The summed E-state index contributed by atoms with van der Waals surface area (Å²) in [6, 6.07) is 2.84. The normalized spacial score (nSPS) is 10.8. The SMILES string of the molecule is CCOC(=O)c1cc2[nH]c(=O)cc(COC)n2n1. The van der Waals surface area contributed by atoms with Crippen LogP contribution in [-0.2, 0) is 16.1 Å². The van der Waals surface area contributed by atoms with E-state index in [1.807, 2.05) is 0 Å². The molecular weight excluding hydrogens is 238 g/mol. The molecule has 2 aromatic heterocycles. The van der Waals surface area contributed by atoms with Crippen molar-refractivity contribution in [2.75, 3.05) is 13.7 Å². The predicted molar refractivity (Wildman–Crippen MR) is 62.5 cm³/mol. The van der Waals surface area contributed by atoms with Gasteiger partial charge in [-0.25, -0.2) is 9.31 Å². The van der Waals surface area contributed by atoms with Gasteiger partial charge in [-0.3, -0.25) is 4.79 Å². The van der Waals surface area contributed by atoms with Gasteiger partial charge in [0, 0.05) is 19.2 Å². The zero-order valence-electron chi connectivity index (χ0n) is 10.1. The number of carbonyl (C=O) groups is 1. The second-order valence-electron chi connectivity index (χ2n) is 3.61. The van der Waals surface area contributed by atoms with Crippen molar-refractivity contribution in [3.05, 3.63) is 33.9 Å². The molecule has 96 valence electrons. The van der Waals surface area contributed by atoms with Crippen molar-refractivity contribution in [1.29, 1.82) is 0 Å². The average Bonchev–Trinajstić information content (AvgIpc) is 2.73. The molecule has 0 saturated heterocycles. The molecule has 0 atom stereocenters. The van der Waals surface area contributed by atoms with E-state index in [2.05, 4.69) is 10.1 Å². The molecule has 7 heteroatoms. The van der Waals surface area contributed by atoms with E-state index in [0.29, 0.717) is 11.3 Å². The first-order valence-electron chi connectivity index (χ1n) is 5.43. The van der Waals surface area contributed by atoms with Crippen LogP contribution in [0.2, 0.25) is 0 Å². The van der Waals surface area contributed by atoms with Crippen molar-refractivity contribution in [3.8, 4) is 0 Å². The Kier molecular flexibility index (Phi) is 3.42. The summed E-state index contributed by atoms with van der Waals surface area (Å²) in [6.07, 6.45) is 0. The van der Waals surface area contributed by atoms with Crippen molar-refractivity contribution in [2.24, 2.45) is 0 Å². The molecule has 0 fully saturated rings. The highest BCUT2D eigenvalue weighted by molar-refractivity contribution is 5.88. The van der Waals surface area contributed by atoms with Crippen LogP contribution < -0.4 is 5.56 Å². The lowest BCUT2D eigenvalue weighted by molar-refractivity contribution is 0.0519. The van der Waals surface area contributed by atoms with Crippen LogP contribution in [0.25, 0.3) is 5.65 Å². The number of aromatic amines is 1. The van der Waals surface area contributed by atoms with Crippen molar-refractivity contribution >= 4 is 11.6 Å². The minimum Gasteiger partial charge on any atom is -0.461 e. The van der Waals surface area contributed by atoms with Gasteiger partial charge in [-0.2, -0.15) is 5.10 Å². The number of nitrogens with zero attached hydrogens (tertiary/aromatic N) is 2. The summed E-state index contributed by atoms with van der Waals surface area (Å²) in [6.45, 7) is 2.21. The lowest BCUT2D eigenvalue weighted by atomic mass is 10.4. The van der Waals surface area contributed by atoms with E-state index in [1.165, 1.54) is 23.8 Å². The van der Waals surface area contributed by atoms with Crippen LogP contribution in [0, 0.1) is 0 Å². The summed E-state index contributed by atoms with van der Waals surface area (Å²) in [5, 5.41) is 4.08. The Labute approximate surface area is 102 Å². The van der Waals surface area contributed by atoms with Crippen molar-refractivity contribution < 1.29 is 14.3 Å².